The zero-order valence-corrected chi connectivity index (χ0v) is 16.1. The molecule has 0 aliphatic carbocycles. The zero-order chi connectivity index (χ0) is 18.9. The van der Waals surface area contributed by atoms with E-state index in [0.29, 0.717) is 31.1 Å². The summed E-state index contributed by atoms with van der Waals surface area (Å²) in [6.45, 7) is 1.84. The van der Waals surface area contributed by atoms with Gasteiger partial charge in [-0.05, 0) is 29.8 Å². The first-order chi connectivity index (χ1) is 13.1. The molecule has 1 aliphatic rings. The molecule has 1 aliphatic heterocycles. The Morgan fingerprint density at radius 3 is 2.26 bits per heavy atom. The van der Waals surface area contributed by atoms with E-state index in [-0.39, 0.29) is 10.8 Å². The summed E-state index contributed by atoms with van der Waals surface area (Å²) < 4.78 is 40.8. The Labute approximate surface area is 161 Å². The number of anilines is 1. The lowest BCUT2D eigenvalue weighted by molar-refractivity contribution is 0.384. The van der Waals surface area contributed by atoms with Crippen LogP contribution < -0.4 is 4.90 Å². The molecule has 1 saturated heterocycles. The average molecular weight is 404 g/mol. The number of hydrogen-bond acceptors (Lipinski definition) is 5. The molecule has 0 radical (unpaired) electrons. The Morgan fingerprint density at radius 1 is 0.926 bits per heavy atom. The summed E-state index contributed by atoms with van der Waals surface area (Å²) in [7, 11) is -3.66. The lowest BCUT2D eigenvalue weighted by Crippen LogP contribution is -2.48. The minimum absolute atomic E-state index is 0.119. The monoisotopic (exact) mass is 403 g/mol. The Kier molecular flexibility index (Phi) is 4.94. The summed E-state index contributed by atoms with van der Waals surface area (Å²) in [6.07, 6.45) is 0. The van der Waals surface area contributed by atoms with Gasteiger partial charge in [0, 0.05) is 31.9 Å². The third-order valence-electron chi connectivity index (χ3n) is 4.59. The fourth-order valence-corrected chi connectivity index (χ4v) is 5.80. The quantitative estimate of drug-likeness (QED) is 0.670. The van der Waals surface area contributed by atoms with Crippen LogP contribution in [0.25, 0.3) is 10.4 Å². The van der Waals surface area contributed by atoms with Crippen LogP contribution in [0.3, 0.4) is 0 Å². The standard InChI is InChI=1S/C19H18FN3O2S2/c20-16-6-8-17(9-7-16)22-10-12-23(13-11-22)27(24,25)19-18(26-14-21-19)15-4-2-1-3-5-15/h1-9,14H,10-13H2. The molecule has 2 aromatic carbocycles. The van der Waals surface area contributed by atoms with E-state index in [1.165, 1.54) is 27.8 Å². The summed E-state index contributed by atoms with van der Waals surface area (Å²) in [5.41, 5.74) is 3.32. The van der Waals surface area contributed by atoms with Gasteiger partial charge >= 0.3 is 0 Å². The number of aromatic nitrogens is 1. The maximum absolute atomic E-state index is 13.1. The summed E-state index contributed by atoms with van der Waals surface area (Å²) in [4.78, 5) is 6.88. The summed E-state index contributed by atoms with van der Waals surface area (Å²) in [5.74, 6) is -0.281. The fraction of sp³-hybridized carbons (Fsp3) is 0.211. The van der Waals surface area contributed by atoms with Crippen molar-refractivity contribution in [3.8, 4) is 10.4 Å². The van der Waals surface area contributed by atoms with Crippen LogP contribution >= 0.6 is 11.3 Å². The molecule has 4 rings (SSSR count). The number of thiazole rings is 1. The minimum Gasteiger partial charge on any atom is -0.369 e. The van der Waals surface area contributed by atoms with Crippen molar-refractivity contribution in [2.24, 2.45) is 0 Å². The van der Waals surface area contributed by atoms with Gasteiger partial charge in [0.25, 0.3) is 10.0 Å². The highest BCUT2D eigenvalue weighted by molar-refractivity contribution is 7.89. The maximum atomic E-state index is 13.1. The summed E-state index contributed by atoms with van der Waals surface area (Å²) >= 11 is 1.33. The van der Waals surface area contributed by atoms with Gasteiger partial charge in [-0.15, -0.1) is 11.3 Å². The highest BCUT2D eigenvalue weighted by Gasteiger charge is 2.32. The van der Waals surface area contributed by atoms with Gasteiger partial charge in [-0.1, -0.05) is 30.3 Å². The molecular weight excluding hydrogens is 385 g/mol. The van der Waals surface area contributed by atoms with Crippen molar-refractivity contribution in [1.82, 2.24) is 9.29 Å². The third-order valence-corrected chi connectivity index (χ3v) is 7.43. The molecule has 0 saturated carbocycles. The van der Waals surface area contributed by atoms with Crippen LogP contribution in [0.4, 0.5) is 10.1 Å². The molecule has 8 heteroatoms. The van der Waals surface area contributed by atoms with Crippen molar-refractivity contribution in [3.05, 3.63) is 65.9 Å². The van der Waals surface area contributed by atoms with Gasteiger partial charge in [0.15, 0.2) is 5.03 Å². The molecule has 0 amide bonds. The summed E-state index contributed by atoms with van der Waals surface area (Å²) in [5, 5.41) is 0.119. The van der Waals surface area contributed by atoms with Gasteiger partial charge in [0.2, 0.25) is 0 Å². The van der Waals surface area contributed by atoms with E-state index in [1.807, 2.05) is 30.3 Å². The molecule has 27 heavy (non-hydrogen) atoms. The lowest BCUT2D eigenvalue weighted by atomic mass is 10.2. The number of hydrogen-bond donors (Lipinski definition) is 0. The molecule has 0 bridgehead atoms. The SMILES string of the molecule is O=S(=O)(c1ncsc1-c1ccccc1)N1CCN(c2ccc(F)cc2)CC1. The van der Waals surface area contributed by atoms with Crippen LogP contribution in [-0.4, -0.2) is 43.9 Å². The van der Waals surface area contributed by atoms with Crippen molar-refractivity contribution in [2.75, 3.05) is 31.1 Å². The second-order valence-electron chi connectivity index (χ2n) is 6.22. The molecule has 1 fully saturated rings. The molecule has 3 aromatic rings. The van der Waals surface area contributed by atoms with Crippen molar-refractivity contribution >= 4 is 27.0 Å². The average Bonchev–Trinajstić information content (AvgIpc) is 3.20. The fourth-order valence-electron chi connectivity index (χ4n) is 3.16. The Bertz CT molecular complexity index is 1010. The number of benzene rings is 2. The van der Waals surface area contributed by atoms with Gasteiger partial charge in [-0.2, -0.15) is 4.31 Å². The Balaban J connectivity index is 1.53. The predicted octanol–water partition coefficient (Wildman–Crippen LogP) is 3.46. The third kappa shape index (κ3) is 3.60. The van der Waals surface area contributed by atoms with Crippen LogP contribution in [-0.2, 0) is 10.0 Å². The second kappa shape index (κ2) is 7.38. The first-order valence-corrected chi connectivity index (χ1v) is 10.9. The zero-order valence-electron chi connectivity index (χ0n) is 14.5. The van der Waals surface area contributed by atoms with Crippen molar-refractivity contribution in [3.63, 3.8) is 0 Å². The van der Waals surface area contributed by atoms with E-state index in [1.54, 1.807) is 17.6 Å². The number of rotatable bonds is 4. The van der Waals surface area contributed by atoms with E-state index >= 15 is 0 Å². The first kappa shape index (κ1) is 18.1. The van der Waals surface area contributed by atoms with Crippen LogP contribution in [0, 0.1) is 5.82 Å². The lowest BCUT2D eigenvalue weighted by Gasteiger charge is -2.35. The van der Waals surface area contributed by atoms with Gasteiger partial charge in [0.1, 0.15) is 5.82 Å². The van der Waals surface area contributed by atoms with E-state index in [2.05, 4.69) is 9.88 Å². The first-order valence-electron chi connectivity index (χ1n) is 8.55. The van der Waals surface area contributed by atoms with E-state index < -0.39 is 10.0 Å². The van der Waals surface area contributed by atoms with Crippen molar-refractivity contribution in [1.29, 1.82) is 0 Å². The molecule has 0 atom stereocenters. The Hall–Kier alpha value is -2.29. The topological polar surface area (TPSA) is 53.5 Å². The highest BCUT2D eigenvalue weighted by Crippen LogP contribution is 2.32. The van der Waals surface area contributed by atoms with E-state index in [4.69, 9.17) is 0 Å². The molecule has 140 valence electrons. The van der Waals surface area contributed by atoms with E-state index in [0.717, 1.165) is 11.3 Å². The maximum Gasteiger partial charge on any atom is 0.262 e. The number of nitrogens with zero attached hydrogens (tertiary/aromatic N) is 3. The van der Waals surface area contributed by atoms with Crippen molar-refractivity contribution < 1.29 is 12.8 Å². The summed E-state index contributed by atoms with van der Waals surface area (Å²) in [6, 6.07) is 15.7. The number of piperazine rings is 1. The second-order valence-corrected chi connectivity index (χ2v) is 8.93. The van der Waals surface area contributed by atoms with Crippen LogP contribution in [0.2, 0.25) is 0 Å². The van der Waals surface area contributed by atoms with Crippen molar-refractivity contribution in [2.45, 2.75) is 5.03 Å². The van der Waals surface area contributed by atoms with Gasteiger partial charge in [-0.3, -0.25) is 0 Å². The Morgan fingerprint density at radius 2 is 1.59 bits per heavy atom. The molecule has 0 unspecified atom stereocenters. The molecule has 0 spiro atoms. The molecular formula is C19H18FN3O2S2. The largest absolute Gasteiger partial charge is 0.369 e. The number of sulfonamides is 1. The highest BCUT2D eigenvalue weighted by atomic mass is 32.2. The van der Waals surface area contributed by atoms with Crippen LogP contribution in [0.15, 0.2) is 65.1 Å². The van der Waals surface area contributed by atoms with Crippen LogP contribution in [0.5, 0.6) is 0 Å². The molecule has 2 heterocycles. The predicted molar refractivity (Wildman–Crippen MR) is 105 cm³/mol. The van der Waals surface area contributed by atoms with E-state index in [9.17, 15) is 12.8 Å². The molecule has 5 nitrogen and oxygen atoms in total. The number of halogens is 1. The smallest absolute Gasteiger partial charge is 0.262 e. The van der Waals surface area contributed by atoms with Gasteiger partial charge in [0.05, 0.1) is 10.4 Å². The molecule has 1 aromatic heterocycles. The minimum atomic E-state index is -3.66. The van der Waals surface area contributed by atoms with Gasteiger partial charge in [-0.25, -0.2) is 17.8 Å². The van der Waals surface area contributed by atoms with Gasteiger partial charge < -0.3 is 4.90 Å². The van der Waals surface area contributed by atoms with Crippen LogP contribution in [0.1, 0.15) is 0 Å². The normalized spacial score (nSPS) is 15.8. The molecule has 0 N–H and O–H groups in total.